The maximum atomic E-state index is 10.5. The lowest BCUT2D eigenvalue weighted by Gasteiger charge is -2.03. The Morgan fingerprint density at radius 2 is 1.05 bits per heavy atom. The van der Waals surface area contributed by atoms with Crippen LogP contribution < -0.4 is 39.1 Å². The van der Waals surface area contributed by atoms with Gasteiger partial charge >= 0.3 is 6.18 Å². The lowest BCUT2D eigenvalue weighted by atomic mass is 10.5. The third-order valence-corrected chi connectivity index (χ3v) is 1.45. The van der Waals surface area contributed by atoms with E-state index in [2.05, 4.69) is 9.97 Å². The van der Waals surface area contributed by atoms with Crippen molar-refractivity contribution in [2.45, 2.75) is 6.18 Å². The molecular formula is C12H12F3IN2O2. The Morgan fingerprint density at radius 3 is 1.10 bits per heavy atom. The molecule has 0 radical (unpaired) electrons. The highest BCUT2D eigenvalue weighted by Crippen LogP contribution is 2.11. The van der Waals surface area contributed by atoms with E-state index >= 15 is 0 Å². The van der Waals surface area contributed by atoms with Crippen LogP contribution in [-0.4, -0.2) is 12.1 Å². The molecule has 0 aliphatic carbocycles. The molecule has 0 aliphatic heterocycles. The largest absolute Gasteiger partial charge is 1.00 e. The van der Waals surface area contributed by atoms with E-state index in [1.807, 2.05) is 61.2 Å². The number of pyridine rings is 2. The van der Waals surface area contributed by atoms with Gasteiger partial charge in [0.15, 0.2) is 24.8 Å². The van der Waals surface area contributed by atoms with Crippen molar-refractivity contribution in [2.24, 2.45) is 0 Å². The van der Waals surface area contributed by atoms with E-state index in [-0.39, 0.29) is 24.0 Å². The van der Waals surface area contributed by atoms with Crippen LogP contribution in [0.1, 0.15) is 0 Å². The summed E-state index contributed by atoms with van der Waals surface area (Å²) < 4.78 is 31.5. The first-order valence-corrected chi connectivity index (χ1v) is 5.05. The van der Waals surface area contributed by atoms with E-state index in [0.717, 1.165) is 0 Å². The molecule has 0 saturated carbocycles. The molecular weight excluding hydrogens is 388 g/mol. The zero-order valence-electron chi connectivity index (χ0n) is 10.1. The van der Waals surface area contributed by atoms with Crippen LogP contribution in [0.15, 0.2) is 61.2 Å². The van der Waals surface area contributed by atoms with Crippen LogP contribution in [0.4, 0.5) is 13.2 Å². The molecule has 8 heteroatoms. The number of H-pyrrole nitrogens is 2. The average molecular weight is 400 g/mol. The van der Waals surface area contributed by atoms with Crippen LogP contribution in [0, 0.1) is 0 Å². The third kappa shape index (κ3) is 14.4. The SMILES string of the molecule is O=C([O-])C(F)(F)F.[I-].c1cc[nH+]cc1.c1cc[nH+]cc1. The van der Waals surface area contributed by atoms with Crippen molar-refractivity contribution in [3.8, 4) is 0 Å². The molecule has 2 rings (SSSR count). The van der Waals surface area contributed by atoms with Crippen LogP contribution in [-0.2, 0) is 4.79 Å². The smallest absolute Gasteiger partial charge is 0.430 e. The quantitative estimate of drug-likeness (QED) is 0.452. The van der Waals surface area contributed by atoms with E-state index in [9.17, 15) is 13.2 Å². The molecule has 0 fully saturated rings. The lowest BCUT2D eigenvalue weighted by Crippen LogP contribution is -3.00. The molecule has 0 saturated heterocycles. The van der Waals surface area contributed by atoms with E-state index in [1.54, 1.807) is 0 Å². The Labute approximate surface area is 130 Å². The molecule has 20 heavy (non-hydrogen) atoms. The number of carbonyl (C=O) groups excluding carboxylic acids is 1. The number of nitrogens with one attached hydrogen (secondary N) is 2. The van der Waals surface area contributed by atoms with E-state index in [0.29, 0.717) is 0 Å². The second-order valence-corrected chi connectivity index (χ2v) is 2.94. The number of alkyl halides is 3. The topological polar surface area (TPSA) is 68.4 Å². The van der Waals surface area contributed by atoms with Crippen molar-refractivity contribution in [3.63, 3.8) is 0 Å². The van der Waals surface area contributed by atoms with Gasteiger partial charge in [-0.1, -0.05) is 12.1 Å². The fourth-order valence-electron chi connectivity index (χ4n) is 0.684. The fraction of sp³-hybridized carbons (Fsp3) is 0.0833. The number of carboxylic acid groups (broad SMARTS) is 1. The van der Waals surface area contributed by atoms with Crippen molar-refractivity contribution < 1.29 is 57.0 Å². The standard InChI is InChI=1S/2C5H5N.C2HF3O2.HI/c2*1-2-4-6-5-3-1;3-2(4,5)1(6)7;/h2*1-5H;(H,6,7);1H. The monoisotopic (exact) mass is 400 g/mol. The number of aromatic nitrogens is 2. The van der Waals surface area contributed by atoms with Gasteiger partial charge < -0.3 is 33.9 Å². The summed E-state index contributed by atoms with van der Waals surface area (Å²) in [5.74, 6) is -3.01. The van der Waals surface area contributed by atoms with Crippen LogP contribution >= 0.6 is 0 Å². The fourth-order valence-corrected chi connectivity index (χ4v) is 0.684. The summed E-state index contributed by atoms with van der Waals surface area (Å²) in [6.45, 7) is 0. The van der Waals surface area contributed by atoms with Gasteiger partial charge in [0, 0.05) is 24.3 Å². The number of carboxylic acids is 1. The Morgan fingerprint density at radius 1 is 0.800 bits per heavy atom. The predicted molar refractivity (Wildman–Crippen MR) is 57.1 cm³/mol. The van der Waals surface area contributed by atoms with Gasteiger partial charge in [-0.25, -0.2) is 9.97 Å². The Bertz CT molecular complexity index is 357. The molecule has 0 unspecified atom stereocenters. The van der Waals surface area contributed by atoms with Crippen molar-refractivity contribution >= 4 is 5.97 Å². The number of aliphatic carboxylic acids is 1. The van der Waals surface area contributed by atoms with Crippen molar-refractivity contribution in [2.75, 3.05) is 0 Å². The Balaban J connectivity index is 0. The first kappa shape index (κ1) is 20.6. The zero-order chi connectivity index (χ0) is 14.6. The number of halogens is 4. The summed E-state index contributed by atoms with van der Waals surface area (Å²) in [7, 11) is 0. The number of hydrogen-bond acceptors (Lipinski definition) is 2. The van der Waals surface area contributed by atoms with Crippen molar-refractivity contribution in [1.29, 1.82) is 0 Å². The summed E-state index contributed by atoms with van der Waals surface area (Å²) in [4.78, 5) is 14.6. The van der Waals surface area contributed by atoms with Crippen LogP contribution in [0.5, 0.6) is 0 Å². The zero-order valence-corrected chi connectivity index (χ0v) is 12.3. The first-order chi connectivity index (χ1) is 8.94. The summed E-state index contributed by atoms with van der Waals surface area (Å²) >= 11 is 0. The van der Waals surface area contributed by atoms with Crippen LogP contribution in [0.25, 0.3) is 0 Å². The second-order valence-electron chi connectivity index (χ2n) is 2.94. The highest BCUT2D eigenvalue weighted by atomic mass is 127. The summed E-state index contributed by atoms with van der Waals surface area (Å²) in [6, 6.07) is 11.7. The lowest BCUT2D eigenvalue weighted by molar-refractivity contribution is -0.378. The van der Waals surface area contributed by atoms with Gasteiger partial charge in [-0.2, -0.15) is 13.2 Å². The second kappa shape index (κ2) is 12.3. The van der Waals surface area contributed by atoms with Gasteiger partial charge in [-0.15, -0.1) is 0 Å². The molecule has 110 valence electrons. The maximum absolute atomic E-state index is 10.5. The summed E-state index contributed by atoms with van der Waals surface area (Å²) in [5, 5.41) is 8.78. The van der Waals surface area contributed by atoms with Gasteiger partial charge in [-0.3, -0.25) is 0 Å². The van der Waals surface area contributed by atoms with E-state index in [4.69, 9.17) is 9.90 Å². The molecule has 2 heterocycles. The molecule has 0 bridgehead atoms. The molecule has 0 spiro atoms. The minimum atomic E-state index is -5.19. The van der Waals surface area contributed by atoms with E-state index in [1.165, 1.54) is 0 Å². The first-order valence-electron chi connectivity index (χ1n) is 5.05. The van der Waals surface area contributed by atoms with Gasteiger partial charge in [-0.05, 0) is 0 Å². The maximum Gasteiger partial charge on any atom is 0.430 e. The molecule has 0 amide bonds. The van der Waals surface area contributed by atoms with Crippen LogP contribution in [0.3, 0.4) is 0 Å². The number of carbonyl (C=O) groups is 1. The molecule has 0 aromatic carbocycles. The molecule has 2 aromatic heterocycles. The molecule has 2 N–H and O–H groups in total. The molecule has 2 aromatic rings. The van der Waals surface area contributed by atoms with Gasteiger partial charge in [0.2, 0.25) is 0 Å². The van der Waals surface area contributed by atoms with Gasteiger partial charge in [0.25, 0.3) is 0 Å². The average Bonchev–Trinajstić information content (AvgIpc) is 2.43. The minimum Gasteiger partial charge on any atom is -1.00 e. The van der Waals surface area contributed by atoms with Gasteiger partial charge in [0.1, 0.15) is 5.97 Å². The Kier molecular flexibility index (Phi) is 12.7. The molecule has 0 atom stereocenters. The summed E-state index contributed by atoms with van der Waals surface area (Å²) in [5.41, 5.74) is 0. The minimum absolute atomic E-state index is 0. The van der Waals surface area contributed by atoms with Gasteiger partial charge in [0.05, 0.1) is 0 Å². The highest BCUT2D eigenvalue weighted by Gasteiger charge is 2.28. The van der Waals surface area contributed by atoms with Crippen LogP contribution in [0.2, 0.25) is 0 Å². The highest BCUT2D eigenvalue weighted by molar-refractivity contribution is 5.70. The van der Waals surface area contributed by atoms with Crippen molar-refractivity contribution in [3.05, 3.63) is 61.2 Å². The normalized spacial score (nSPS) is 8.75. The molecule has 4 nitrogen and oxygen atoms in total. The number of hydrogen-bond donors (Lipinski definition) is 0. The molecule has 0 aliphatic rings. The Hall–Kier alpha value is -1.71. The third-order valence-electron chi connectivity index (χ3n) is 1.45. The van der Waals surface area contributed by atoms with Crippen molar-refractivity contribution in [1.82, 2.24) is 0 Å². The van der Waals surface area contributed by atoms with E-state index < -0.39 is 12.1 Å². The number of aromatic amines is 2. The number of rotatable bonds is 0. The predicted octanol–water partition coefficient (Wildman–Crippen LogP) is -2.70. The summed E-state index contributed by atoms with van der Waals surface area (Å²) in [6.07, 6.45) is 2.31.